The lowest BCUT2D eigenvalue weighted by Gasteiger charge is -2.20. The Morgan fingerprint density at radius 1 is 1.22 bits per heavy atom. The number of nitrogens with one attached hydrogen (secondary N) is 1. The minimum absolute atomic E-state index is 0.0537. The largest absolute Gasteiger partial charge is 0.327 e. The summed E-state index contributed by atoms with van der Waals surface area (Å²) in [6.07, 6.45) is 8.82. The molecule has 0 bridgehead atoms. The van der Waals surface area contributed by atoms with Crippen LogP contribution in [0.25, 0.3) is 0 Å². The van der Waals surface area contributed by atoms with E-state index in [1.807, 2.05) is 26.0 Å². The molecule has 2 heterocycles. The Hall–Kier alpha value is -1.84. The van der Waals surface area contributed by atoms with Crippen molar-refractivity contribution in [2.24, 2.45) is 0 Å². The quantitative estimate of drug-likeness (QED) is 0.803. The Bertz CT molecular complexity index is 460. The zero-order valence-corrected chi connectivity index (χ0v) is 10.8. The van der Waals surface area contributed by atoms with Crippen LogP contribution in [0.5, 0.6) is 0 Å². The maximum Gasteiger partial charge on any atom is 0.256 e. The highest BCUT2D eigenvalue weighted by Gasteiger charge is 2.38. The van der Waals surface area contributed by atoms with Gasteiger partial charge in [0, 0.05) is 6.54 Å². The van der Waals surface area contributed by atoms with Crippen molar-refractivity contribution >= 4 is 11.8 Å². The van der Waals surface area contributed by atoms with Crippen molar-refractivity contribution < 1.29 is 9.59 Å². The first kappa shape index (κ1) is 12.6. The number of allylic oxidation sites excluding steroid dienone is 3. The predicted octanol–water partition coefficient (Wildman–Crippen LogP) is 1.51. The lowest BCUT2D eigenvalue weighted by atomic mass is 10.1. The number of rotatable bonds is 2. The standard InChI is InChI=1S/C14H18N2O2/c1-3-6-10-11(7-4-2)15-13(17)12-8-5-9-16(12)14(10)18/h3-4,6-7,12H,5,8-9H2,1-2H3,(H,15,17)/b6-3-,7-4-. The van der Waals surface area contributed by atoms with Crippen molar-refractivity contribution in [2.75, 3.05) is 6.54 Å². The molecule has 0 saturated carbocycles. The first-order chi connectivity index (χ1) is 8.69. The van der Waals surface area contributed by atoms with Crippen LogP contribution in [-0.2, 0) is 9.59 Å². The fraction of sp³-hybridized carbons (Fsp3) is 0.429. The zero-order chi connectivity index (χ0) is 13.1. The Morgan fingerprint density at radius 3 is 2.61 bits per heavy atom. The molecule has 1 atom stereocenters. The third-order valence-corrected chi connectivity index (χ3v) is 3.26. The highest BCUT2D eigenvalue weighted by atomic mass is 16.2. The van der Waals surface area contributed by atoms with E-state index < -0.39 is 0 Å². The Kier molecular flexibility index (Phi) is 3.65. The molecular formula is C14H18N2O2. The number of amides is 2. The van der Waals surface area contributed by atoms with Crippen molar-refractivity contribution in [1.82, 2.24) is 10.2 Å². The van der Waals surface area contributed by atoms with Gasteiger partial charge in [0.05, 0.1) is 11.3 Å². The van der Waals surface area contributed by atoms with Gasteiger partial charge in [-0.05, 0) is 32.8 Å². The number of carbonyl (C=O) groups is 2. The fourth-order valence-corrected chi connectivity index (χ4v) is 2.46. The lowest BCUT2D eigenvalue weighted by molar-refractivity contribution is -0.134. The topological polar surface area (TPSA) is 49.4 Å². The Labute approximate surface area is 107 Å². The summed E-state index contributed by atoms with van der Waals surface area (Å²) in [5.74, 6) is -0.129. The van der Waals surface area contributed by atoms with E-state index in [-0.39, 0.29) is 17.9 Å². The summed E-state index contributed by atoms with van der Waals surface area (Å²) in [5, 5.41) is 2.86. The summed E-state index contributed by atoms with van der Waals surface area (Å²) in [6, 6.07) is -0.305. The van der Waals surface area contributed by atoms with E-state index in [9.17, 15) is 9.59 Å². The second kappa shape index (κ2) is 5.21. The number of hydrogen-bond donors (Lipinski definition) is 1. The molecule has 2 aliphatic heterocycles. The molecule has 0 aromatic carbocycles. The molecule has 4 nitrogen and oxygen atoms in total. The summed E-state index contributed by atoms with van der Waals surface area (Å²) in [7, 11) is 0. The molecule has 2 rings (SSSR count). The summed E-state index contributed by atoms with van der Waals surface area (Å²) >= 11 is 0. The van der Waals surface area contributed by atoms with Crippen LogP contribution in [0.2, 0.25) is 0 Å². The third kappa shape index (κ3) is 2.10. The Morgan fingerprint density at radius 2 is 1.94 bits per heavy atom. The second-order valence-corrected chi connectivity index (χ2v) is 4.47. The van der Waals surface area contributed by atoms with E-state index in [2.05, 4.69) is 5.32 Å². The molecule has 1 unspecified atom stereocenters. The van der Waals surface area contributed by atoms with Gasteiger partial charge in [-0.1, -0.05) is 18.2 Å². The van der Waals surface area contributed by atoms with Gasteiger partial charge in [0.2, 0.25) is 5.91 Å². The van der Waals surface area contributed by atoms with Crippen LogP contribution in [0.4, 0.5) is 0 Å². The molecule has 18 heavy (non-hydrogen) atoms. The maximum atomic E-state index is 12.4. The van der Waals surface area contributed by atoms with Crippen molar-refractivity contribution in [2.45, 2.75) is 32.7 Å². The van der Waals surface area contributed by atoms with Crippen LogP contribution in [0, 0.1) is 0 Å². The van der Waals surface area contributed by atoms with Gasteiger partial charge in [0.15, 0.2) is 0 Å². The highest BCUT2D eigenvalue weighted by Crippen LogP contribution is 2.24. The minimum Gasteiger partial charge on any atom is -0.327 e. The normalized spacial score (nSPS) is 25.0. The smallest absolute Gasteiger partial charge is 0.256 e. The number of fused-ring (bicyclic) bond motifs is 1. The third-order valence-electron chi connectivity index (χ3n) is 3.26. The monoisotopic (exact) mass is 246 g/mol. The molecule has 0 aromatic rings. The molecule has 0 spiro atoms. The van der Waals surface area contributed by atoms with E-state index >= 15 is 0 Å². The number of hydrogen-bond acceptors (Lipinski definition) is 2. The van der Waals surface area contributed by atoms with Crippen LogP contribution >= 0.6 is 0 Å². The van der Waals surface area contributed by atoms with E-state index in [0.717, 1.165) is 12.8 Å². The minimum atomic E-state index is -0.305. The van der Waals surface area contributed by atoms with E-state index in [4.69, 9.17) is 0 Å². The van der Waals surface area contributed by atoms with Gasteiger partial charge in [0.25, 0.3) is 5.91 Å². The van der Waals surface area contributed by atoms with Gasteiger partial charge in [-0.3, -0.25) is 9.59 Å². The van der Waals surface area contributed by atoms with Gasteiger partial charge in [-0.25, -0.2) is 0 Å². The zero-order valence-electron chi connectivity index (χ0n) is 10.8. The summed E-state index contributed by atoms with van der Waals surface area (Å²) in [6.45, 7) is 4.39. The second-order valence-electron chi connectivity index (χ2n) is 4.47. The van der Waals surface area contributed by atoms with Gasteiger partial charge in [0.1, 0.15) is 6.04 Å². The molecule has 0 aliphatic carbocycles. The van der Waals surface area contributed by atoms with Gasteiger partial charge in [-0.15, -0.1) is 0 Å². The molecular weight excluding hydrogens is 228 g/mol. The average Bonchev–Trinajstić information content (AvgIpc) is 2.80. The van der Waals surface area contributed by atoms with Crippen molar-refractivity contribution in [3.63, 3.8) is 0 Å². The molecule has 1 fully saturated rings. The first-order valence-corrected chi connectivity index (χ1v) is 6.30. The van der Waals surface area contributed by atoms with E-state index in [1.165, 1.54) is 0 Å². The summed E-state index contributed by atoms with van der Waals surface area (Å²) in [5.41, 5.74) is 1.16. The lowest BCUT2D eigenvalue weighted by Crippen LogP contribution is -2.42. The molecule has 0 aromatic heterocycles. The van der Waals surface area contributed by atoms with Crippen LogP contribution in [-0.4, -0.2) is 29.3 Å². The van der Waals surface area contributed by atoms with Crippen molar-refractivity contribution in [3.05, 3.63) is 35.6 Å². The van der Waals surface area contributed by atoms with Gasteiger partial charge in [-0.2, -0.15) is 0 Å². The molecule has 2 aliphatic rings. The van der Waals surface area contributed by atoms with Crippen LogP contribution in [0.3, 0.4) is 0 Å². The summed E-state index contributed by atoms with van der Waals surface area (Å²) < 4.78 is 0. The van der Waals surface area contributed by atoms with E-state index in [1.54, 1.807) is 17.1 Å². The molecule has 1 N–H and O–H groups in total. The molecule has 96 valence electrons. The molecule has 2 amide bonds. The summed E-state index contributed by atoms with van der Waals surface area (Å²) in [4.78, 5) is 26.2. The maximum absolute atomic E-state index is 12.4. The van der Waals surface area contributed by atoms with Crippen molar-refractivity contribution in [1.29, 1.82) is 0 Å². The van der Waals surface area contributed by atoms with Crippen molar-refractivity contribution in [3.8, 4) is 0 Å². The number of nitrogens with zero attached hydrogens (tertiary/aromatic N) is 1. The average molecular weight is 246 g/mol. The highest BCUT2D eigenvalue weighted by molar-refractivity contribution is 6.03. The number of carbonyl (C=O) groups excluding carboxylic acids is 2. The van der Waals surface area contributed by atoms with Crippen LogP contribution < -0.4 is 5.32 Å². The molecule has 0 radical (unpaired) electrons. The van der Waals surface area contributed by atoms with Gasteiger partial charge >= 0.3 is 0 Å². The van der Waals surface area contributed by atoms with Crippen LogP contribution in [0.15, 0.2) is 35.6 Å². The SMILES string of the molecule is C/C=C\C1=C(/C=C\C)C(=O)N2CCCC2C(=O)N1. The molecule has 1 saturated heterocycles. The van der Waals surface area contributed by atoms with Crippen LogP contribution in [0.1, 0.15) is 26.7 Å². The molecule has 4 heteroatoms. The fourth-order valence-electron chi connectivity index (χ4n) is 2.46. The Balaban J connectivity index is 2.47. The first-order valence-electron chi connectivity index (χ1n) is 6.30. The van der Waals surface area contributed by atoms with Gasteiger partial charge < -0.3 is 10.2 Å². The predicted molar refractivity (Wildman–Crippen MR) is 69.5 cm³/mol. The van der Waals surface area contributed by atoms with E-state index in [0.29, 0.717) is 17.8 Å².